The van der Waals surface area contributed by atoms with Crippen molar-refractivity contribution in [3.63, 3.8) is 0 Å². The minimum atomic E-state index is -3.81. The van der Waals surface area contributed by atoms with Crippen molar-refractivity contribution in [2.45, 2.75) is 25.9 Å². The van der Waals surface area contributed by atoms with Crippen LogP contribution in [0.3, 0.4) is 0 Å². The lowest BCUT2D eigenvalue weighted by Gasteiger charge is -2.31. The molecular formula is C23H25ClN2O4S. The molecule has 6 nitrogen and oxygen atoms in total. The molecule has 0 spiro atoms. The second-order valence-electron chi connectivity index (χ2n) is 7.16. The van der Waals surface area contributed by atoms with Gasteiger partial charge in [0.15, 0.2) is 0 Å². The third-order valence-electron chi connectivity index (χ3n) is 5.04. The Labute approximate surface area is 187 Å². The van der Waals surface area contributed by atoms with Crippen LogP contribution in [-0.2, 0) is 21.4 Å². The van der Waals surface area contributed by atoms with Gasteiger partial charge >= 0.3 is 0 Å². The molecule has 0 aliphatic carbocycles. The molecule has 0 radical (unpaired) electrons. The maximum atomic E-state index is 13.1. The van der Waals surface area contributed by atoms with E-state index in [4.69, 9.17) is 16.3 Å². The molecule has 0 saturated heterocycles. The number of nitrogens with one attached hydrogen (secondary N) is 1. The summed E-state index contributed by atoms with van der Waals surface area (Å²) < 4.78 is 31.8. The van der Waals surface area contributed by atoms with E-state index in [0.29, 0.717) is 10.8 Å². The molecule has 0 bridgehead atoms. The van der Waals surface area contributed by atoms with Crippen LogP contribution >= 0.6 is 11.6 Å². The van der Waals surface area contributed by atoms with Crippen LogP contribution in [0.5, 0.6) is 5.75 Å². The van der Waals surface area contributed by atoms with Gasteiger partial charge in [0, 0.05) is 11.6 Å². The molecule has 0 fully saturated rings. The Balaban J connectivity index is 1.92. The highest BCUT2D eigenvalue weighted by Crippen LogP contribution is 2.35. The number of fused-ring (bicyclic) bond motifs is 1. The number of carbonyl (C=O) groups excluding carboxylic acids is 1. The van der Waals surface area contributed by atoms with Crippen molar-refractivity contribution in [3.05, 3.63) is 71.2 Å². The number of nitrogens with zero attached hydrogens (tertiary/aromatic N) is 1. The molecule has 3 aromatic rings. The molecule has 0 saturated carbocycles. The zero-order chi connectivity index (χ0) is 22.6. The van der Waals surface area contributed by atoms with Crippen LogP contribution in [0, 0.1) is 0 Å². The standard InChI is InChI=1S/C23H25ClN2O4S/c1-4-20(26(31(3,28)29)21-14-18(24)12-13-22(21)30-2)23(27)25-15-17-10-7-9-16-8-5-6-11-19(16)17/h5-14,20H,4,15H2,1-3H3,(H,25,27)/t20-/m0/s1. The third-order valence-corrected chi connectivity index (χ3v) is 6.44. The number of methoxy groups -OCH3 is 1. The van der Waals surface area contributed by atoms with Crippen molar-refractivity contribution < 1.29 is 17.9 Å². The molecule has 0 heterocycles. The molecule has 0 aliphatic rings. The van der Waals surface area contributed by atoms with Crippen molar-refractivity contribution in [2.24, 2.45) is 0 Å². The van der Waals surface area contributed by atoms with Gasteiger partial charge in [0.25, 0.3) is 0 Å². The van der Waals surface area contributed by atoms with Gasteiger partial charge in [0.2, 0.25) is 15.9 Å². The minimum absolute atomic E-state index is 0.227. The first-order valence-electron chi connectivity index (χ1n) is 9.83. The maximum absolute atomic E-state index is 13.1. The van der Waals surface area contributed by atoms with Crippen molar-refractivity contribution in [2.75, 3.05) is 17.7 Å². The number of carbonyl (C=O) groups is 1. The molecule has 0 aliphatic heterocycles. The molecule has 8 heteroatoms. The first-order valence-corrected chi connectivity index (χ1v) is 12.1. The second-order valence-corrected chi connectivity index (χ2v) is 9.45. The predicted octanol–water partition coefficient (Wildman–Crippen LogP) is 4.36. The number of anilines is 1. The lowest BCUT2D eigenvalue weighted by Crippen LogP contribution is -2.49. The molecule has 31 heavy (non-hydrogen) atoms. The van der Waals surface area contributed by atoms with E-state index in [1.807, 2.05) is 42.5 Å². The van der Waals surface area contributed by atoms with E-state index >= 15 is 0 Å². The zero-order valence-electron chi connectivity index (χ0n) is 17.6. The number of sulfonamides is 1. The van der Waals surface area contributed by atoms with Gasteiger partial charge in [-0.05, 0) is 41.0 Å². The average Bonchev–Trinajstić information content (AvgIpc) is 2.74. The Morgan fingerprint density at radius 3 is 2.52 bits per heavy atom. The van der Waals surface area contributed by atoms with Gasteiger partial charge in [0.1, 0.15) is 11.8 Å². The van der Waals surface area contributed by atoms with Crippen LogP contribution < -0.4 is 14.4 Å². The summed E-state index contributed by atoms with van der Waals surface area (Å²) in [6.45, 7) is 2.04. The zero-order valence-corrected chi connectivity index (χ0v) is 19.2. The number of rotatable bonds is 8. The van der Waals surface area contributed by atoms with Crippen LogP contribution in [0.4, 0.5) is 5.69 Å². The van der Waals surface area contributed by atoms with Crippen molar-refractivity contribution in [3.8, 4) is 5.75 Å². The number of ether oxygens (including phenoxy) is 1. The highest BCUT2D eigenvalue weighted by atomic mass is 35.5. The van der Waals surface area contributed by atoms with E-state index in [1.165, 1.54) is 13.2 Å². The fraction of sp³-hybridized carbons (Fsp3) is 0.261. The monoisotopic (exact) mass is 460 g/mol. The number of hydrogen-bond acceptors (Lipinski definition) is 4. The third kappa shape index (κ3) is 5.11. The summed E-state index contributed by atoms with van der Waals surface area (Å²) in [6.07, 6.45) is 1.33. The van der Waals surface area contributed by atoms with Gasteiger partial charge in [-0.2, -0.15) is 0 Å². The molecule has 1 amide bonds. The van der Waals surface area contributed by atoms with E-state index in [-0.39, 0.29) is 18.7 Å². The molecule has 0 unspecified atom stereocenters. The van der Waals surface area contributed by atoms with Crippen LogP contribution in [-0.4, -0.2) is 33.7 Å². The van der Waals surface area contributed by atoms with Crippen LogP contribution in [0.2, 0.25) is 5.02 Å². The first-order chi connectivity index (χ1) is 14.8. The largest absolute Gasteiger partial charge is 0.495 e. The molecule has 164 valence electrons. The maximum Gasteiger partial charge on any atom is 0.244 e. The molecule has 1 atom stereocenters. The Hall–Kier alpha value is -2.77. The summed E-state index contributed by atoms with van der Waals surface area (Å²) in [4.78, 5) is 13.1. The van der Waals surface area contributed by atoms with Gasteiger partial charge < -0.3 is 10.1 Å². The second kappa shape index (κ2) is 9.58. The number of benzene rings is 3. The van der Waals surface area contributed by atoms with E-state index in [0.717, 1.165) is 26.9 Å². The first kappa shape index (κ1) is 22.9. The molecular weight excluding hydrogens is 436 g/mol. The Kier molecular flexibility index (Phi) is 7.08. The van der Waals surface area contributed by atoms with Crippen molar-refractivity contribution >= 4 is 44.0 Å². The van der Waals surface area contributed by atoms with Gasteiger partial charge in [-0.25, -0.2) is 8.42 Å². The molecule has 3 rings (SSSR count). The average molecular weight is 461 g/mol. The predicted molar refractivity (Wildman–Crippen MR) is 125 cm³/mol. The van der Waals surface area contributed by atoms with Crippen LogP contribution in [0.15, 0.2) is 60.7 Å². The molecule has 1 N–H and O–H groups in total. The number of halogens is 1. The highest BCUT2D eigenvalue weighted by molar-refractivity contribution is 7.92. The van der Waals surface area contributed by atoms with Gasteiger partial charge in [-0.1, -0.05) is 61.0 Å². The summed E-state index contributed by atoms with van der Waals surface area (Å²) >= 11 is 6.11. The Morgan fingerprint density at radius 1 is 1.13 bits per heavy atom. The molecule has 0 aromatic heterocycles. The van der Waals surface area contributed by atoms with Crippen LogP contribution in [0.25, 0.3) is 10.8 Å². The fourth-order valence-electron chi connectivity index (χ4n) is 3.62. The topological polar surface area (TPSA) is 75.7 Å². The quantitative estimate of drug-likeness (QED) is 0.541. The van der Waals surface area contributed by atoms with E-state index in [9.17, 15) is 13.2 Å². The lowest BCUT2D eigenvalue weighted by molar-refractivity contribution is -0.122. The number of amides is 1. The van der Waals surface area contributed by atoms with E-state index < -0.39 is 22.0 Å². The lowest BCUT2D eigenvalue weighted by atomic mass is 10.0. The smallest absolute Gasteiger partial charge is 0.244 e. The summed E-state index contributed by atoms with van der Waals surface area (Å²) in [6, 6.07) is 17.5. The number of hydrogen-bond donors (Lipinski definition) is 1. The Morgan fingerprint density at radius 2 is 1.84 bits per heavy atom. The van der Waals surface area contributed by atoms with Crippen LogP contribution in [0.1, 0.15) is 18.9 Å². The van der Waals surface area contributed by atoms with Gasteiger partial charge in [-0.15, -0.1) is 0 Å². The highest BCUT2D eigenvalue weighted by Gasteiger charge is 2.33. The summed E-state index contributed by atoms with van der Waals surface area (Å²) in [5.74, 6) is -0.0852. The normalized spacial score (nSPS) is 12.4. The van der Waals surface area contributed by atoms with Crippen molar-refractivity contribution in [1.82, 2.24) is 5.32 Å². The fourth-order valence-corrected chi connectivity index (χ4v) is 4.99. The summed E-state index contributed by atoms with van der Waals surface area (Å²) in [7, 11) is -2.37. The Bertz CT molecular complexity index is 1190. The van der Waals surface area contributed by atoms with E-state index in [2.05, 4.69) is 5.32 Å². The molecule has 3 aromatic carbocycles. The van der Waals surface area contributed by atoms with Gasteiger partial charge in [-0.3, -0.25) is 9.10 Å². The summed E-state index contributed by atoms with van der Waals surface area (Å²) in [5, 5.41) is 5.35. The van der Waals surface area contributed by atoms with E-state index in [1.54, 1.807) is 19.1 Å². The minimum Gasteiger partial charge on any atom is -0.495 e. The van der Waals surface area contributed by atoms with Crippen molar-refractivity contribution in [1.29, 1.82) is 0 Å². The SMILES string of the molecule is CC[C@@H](C(=O)NCc1cccc2ccccc12)N(c1cc(Cl)ccc1OC)S(C)(=O)=O. The summed E-state index contributed by atoms with van der Waals surface area (Å²) in [5.41, 5.74) is 1.18. The van der Waals surface area contributed by atoms with Gasteiger partial charge in [0.05, 0.1) is 19.1 Å².